The molecular formula is C52H36N2O. The van der Waals surface area contributed by atoms with E-state index in [1.54, 1.807) is 0 Å². The topological polar surface area (TPSA) is 27.1 Å². The average molecular weight is 705 g/mol. The summed E-state index contributed by atoms with van der Waals surface area (Å²) in [6.07, 6.45) is 6.39. The lowest BCUT2D eigenvalue weighted by Gasteiger charge is -2.23. The van der Waals surface area contributed by atoms with Crippen LogP contribution in [0.5, 0.6) is 11.5 Å². The molecule has 7 aromatic carbocycles. The molecule has 3 heterocycles. The van der Waals surface area contributed by atoms with Crippen LogP contribution in [0.3, 0.4) is 0 Å². The van der Waals surface area contributed by atoms with Crippen molar-refractivity contribution >= 4 is 34.1 Å². The van der Waals surface area contributed by atoms with E-state index < -0.39 is 0 Å². The van der Waals surface area contributed by atoms with Crippen LogP contribution in [-0.2, 0) is 5.41 Å². The molecule has 260 valence electrons. The van der Waals surface area contributed by atoms with Gasteiger partial charge in [-0.1, -0.05) is 129 Å². The second-order valence-corrected chi connectivity index (χ2v) is 15.2. The fourth-order valence-corrected chi connectivity index (χ4v) is 8.97. The third-order valence-corrected chi connectivity index (χ3v) is 11.7. The molecule has 0 amide bonds. The predicted molar refractivity (Wildman–Crippen MR) is 228 cm³/mol. The van der Waals surface area contributed by atoms with E-state index in [0.717, 1.165) is 78.2 Å². The summed E-state index contributed by atoms with van der Waals surface area (Å²) in [7, 11) is 0. The Balaban J connectivity index is 1.17. The number of aromatic nitrogens is 2. The first kappa shape index (κ1) is 31.5. The molecular weight excluding hydrogens is 669 g/mol. The first-order valence-electron chi connectivity index (χ1n) is 19.0. The Hall–Kier alpha value is -6.97. The van der Waals surface area contributed by atoms with E-state index in [1.807, 2.05) is 12.3 Å². The second kappa shape index (κ2) is 12.0. The van der Waals surface area contributed by atoms with Crippen LogP contribution in [-0.4, -0.2) is 9.55 Å². The zero-order chi connectivity index (χ0) is 36.7. The van der Waals surface area contributed by atoms with E-state index in [-0.39, 0.29) is 5.41 Å². The molecule has 0 bridgehead atoms. The molecule has 0 N–H and O–H groups in total. The molecule has 3 heteroatoms. The van der Waals surface area contributed by atoms with Crippen molar-refractivity contribution in [2.75, 3.05) is 0 Å². The predicted octanol–water partition coefficient (Wildman–Crippen LogP) is 13.8. The Kier molecular flexibility index (Phi) is 6.90. The molecule has 3 nitrogen and oxygen atoms in total. The van der Waals surface area contributed by atoms with Crippen LogP contribution in [0.2, 0.25) is 0 Å². The van der Waals surface area contributed by atoms with Gasteiger partial charge in [0.15, 0.2) is 0 Å². The van der Waals surface area contributed by atoms with Crippen molar-refractivity contribution in [2.45, 2.75) is 19.3 Å². The van der Waals surface area contributed by atoms with Gasteiger partial charge >= 0.3 is 0 Å². The fourth-order valence-electron chi connectivity index (χ4n) is 8.97. The van der Waals surface area contributed by atoms with E-state index in [4.69, 9.17) is 9.72 Å². The van der Waals surface area contributed by atoms with Crippen LogP contribution in [0.25, 0.3) is 84.3 Å². The van der Waals surface area contributed by atoms with Crippen LogP contribution >= 0.6 is 0 Å². The lowest BCUT2D eigenvalue weighted by atomic mass is 9.81. The van der Waals surface area contributed by atoms with Gasteiger partial charge in [0, 0.05) is 39.2 Å². The number of pyridine rings is 1. The monoisotopic (exact) mass is 704 g/mol. The first-order chi connectivity index (χ1) is 27.0. The summed E-state index contributed by atoms with van der Waals surface area (Å²) in [5.74, 6) is 1.69. The van der Waals surface area contributed by atoms with E-state index in [0.29, 0.717) is 0 Å². The van der Waals surface area contributed by atoms with Gasteiger partial charge in [0.2, 0.25) is 0 Å². The van der Waals surface area contributed by atoms with Crippen molar-refractivity contribution in [3.63, 3.8) is 0 Å². The third kappa shape index (κ3) is 4.86. The summed E-state index contributed by atoms with van der Waals surface area (Å²) in [4.78, 5) is 4.85. The average Bonchev–Trinajstić information content (AvgIpc) is 3.67. The van der Waals surface area contributed by atoms with Crippen LogP contribution in [0, 0.1) is 0 Å². The molecule has 0 fully saturated rings. The van der Waals surface area contributed by atoms with Gasteiger partial charge in [-0.25, -0.2) is 4.98 Å². The quantitative estimate of drug-likeness (QED) is 0.179. The molecule has 2 aliphatic rings. The summed E-state index contributed by atoms with van der Waals surface area (Å²) >= 11 is 0. The van der Waals surface area contributed by atoms with Crippen molar-refractivity contribution in [3.8, 4) is 61.7 Å². The normalized spacial score (nSPS) is 14.1. The lowest BCUT2D eigenvalue weighted by Crippen LogP contribution is -2.15. The molecule has 0 atom stereocenters. The number of rotatable bonds is 2. The van der Waals surface area contributed by atoms with E-state index >= 15 is 0 Å². The molecule has 2 aromatic heterocycles. The van der Waals surface area contributed by atoms with Crippen LogP contribution < -0.4 is 4.74 Å². The molecule has 0 spiro atoms. The standard InChI is InChI=1S/C52H36N2O/c1-52(2)46-20-10-8-17-39(46)43-31-45-42-29-35(36-26-27-48-44(30-36)41-19-12-28-53-51(41)54(48)37-14-4-3-5-15-37)25-24-34(42)23-22-33-13-6-7-16-38(33)40-18-9-11-21-49(40)55-50(45)32-47(43)52/h3-32H,1-2H3/b23-22-. The van der Waals surface area contributed by atoms with Crippen molar-refractivity contribution < 1.29 is 4.74 Å². The van der Waals surface area contributed by atoms with Gasteiger partial charge in [-0.15, -0.1) is 0 Å². The van der Waals surface area contributed by atoms with Crippen molar-refractivity contribution in [2.24, 2.45) is 0 Å². The molecule has 9 aromatic rings. The number of benzene rings is 7. The lowest BCUT2D eigenvalue weighted by molar-refractivity contribution is 0.484. The zero-order valence-corrected chi connectivity index (χ0v) is 30.6. The summed E-state index contributed by atoms with van der Waals surface area (Å²) in [5, 5.41) is 2.31. The summed E-state index contributed by atoms with van der Waals surface area (Å²) in [6.45, 7) is 4.66. The number of ether oxygens (including phenoxy) is 1. The van der Waals surface area contributed by atoms with Crippen molar-refractivity contribution in [1.82, 2.24) is 9.55 Å². The number of nitrogens with zero attached hydrogens (tertiary/aromatic N) is 2. The summed E-state index contributed by atoms with van der Waals surface area (Å²) < 4.78 is 9.43. The van der Waals surface area contributed by atoms with Gasteiger partial charge in [0.05, 0.1) is 5.52 Å². The van der Waals surface area contributed by atoms with E-state index in [1.165, 1.54) is 27.6 Å². The molecule has 1 aliphatic carbocycles. The Morgan fingerprint density at radius 3 is 2.05 bits per heavy atom. The van der Waals surface area contributed by atoms with Gasteiger partial charge in [-0.3, -0.25) is 4.57 Å². The third-order valence-electron chi connectivity index (χ3n) is 11.7. The Labute approximate surface area is 320 Å². The highest BCUT2D eigenvalue weighted by molar-refractivity contribution is 6.09. The minimum absolute atomic E-state index is 0.170. The van der Waals surface area contributed by atoms with Crippen LogP contribution in [0.1, 0.15) is 36.1 Å². The first-order valence-corrected chi connectivity index (χ1v) is 19.0. The minimum Gasteiger partial charge on any atom is -0.456 e. The van der Waals surface area contributed by atoms with Crippen LogP contribution in [0.15, 0.2) is 170 Å². The van der Waals surface area contributed by atoms with Crippen molar-refractivity contribution in [1.29, 1.82) is 0 Å². The number of hydrogen-bond donors (Lipinski definition) is 0. The largest absolute Gasteiger partial charge is 0.456 e. The summed E-state index contributed by atoms with van der Waals surface area (Å²) in [5.41, 5.74) is 17.2. The number of para-hydroxylation sites is 2. The minimum atomic E-state index is -0.170. The molecule has 0 saturated carbocycles. The van der Waals surface area contributed by atoms with Gasteiger partial charge in [-0.2, -0.15) is 0 Å². The summed E-state index contributed by atoms with van der Waals surface area (Å²) in [6, 6.07) is 58.9. The van der Waals surface area contributed by atoms with Gasteiger partial charge in [-0.05, 0) is 116 Å². The highest BCUT2D eigenvalue weighted by Crippen LogP contribution is 2.53. The fraction of sp³-hybridized carbons (Fsp3) is 0.0577. The Morgan fingerprint density at radius 1 is 0.473 bits per heavy atom. The van der Waals surface area contributed by atoms with Gasteiger partial charge in [0.25, 0.3) is 0 Å². The van der Waals surface area contributed by atoms with Crippen molar-refractivity contribution in [3.05, 3.63) is 192 Å². The highest BCUT2D eigenvalue weighted by atomic mass is 16.5. The van der Waals surface area contributed by atoms with Gasteiger partial charge < -0.3 is 4.74 Å². The maximum absolute atomic E-state index is 7.16. The molecule has 11 rings (SSSR count). The van der Waals surface area contributed by atoms with E-state index in [9.17, 15) is 0 Å². The number of hydrogen-bond acceptors (Lipinski definition) is 2. The maximum Gasteiger partial charge on any atom is 0.145 e. The second-order valence-electron chi connectivity index (χ2n) is 15.2. The van der Waals surface area contributed by atoms with Gasteiger partial charge in [0.1, 0.15) is 17.1 Å². The molecule has 0 radical (unpaired) electrons. The van der Waals surface area contributed by atoms with E-state index in [2.05, 4.69) is 188 Å². The smallest absolute Gasteiger partial charge is 0.145 e. The molecule has 0 saturated heterocycles. The molecule has 55 heavy (non-hydrogen) atoms. The Bertz CT molecular complexity index is 3040. The zero-order valence-electron chi connectivity index (χ0n) is 30.6. The molecule has 0 unspecified atom stereocenters. The molecule has 1 aliphatic heterocycles. The van der Waals surface area contributed by atoms with Crippen LogP contribution in [0.4, 0.5) is 0 Å². The SMILES string of the molecule is CC1(C)c2ccccc2-c2cc3c(cc21)Oc1ccccc1-c1ccccc1/C=C\c1ccc(-c2ccc4c(c2)c2cccnc2n4-c2ccccc2)cc1-3. The maximum atomic E-state index is 7.16. The number of fused-ring (bicyclic) bond motifs is 12. The highest BCUT2D eigenvalue weighted by Gasteiger charge is 2.37. The Morgan fingerprint density at radius 2 is 1.18 bits per heavy atom.